The predicted octanol–water partition coefficient (Wildman–Crippen LogP) is 3.48. The molecular weight excluding hydrogens is 359 g/mol. The van der Waals surface area contributed by atoms with Gasteiger partial charge in [0.1, 0.15) is 5.82 Å². The van der Waals surface area contributed by atoms with E-state index in [1.54, 1.807) is 12.1 Å². The molecule has 1 aliphatic rings. The van der Waals surface area contributed by atoms with Gasteiger partial charge in [-0.15, -0.1) is 0 Å². The summed E-state index contributed by atoms with van der Waals surface area (Å²) in [6, 6.07) is 14.4. The van der Waals surface area contributed by atoms with Gasteiger partial charge in [-0.3, -0.25) is 4.79 Å². The molecule has 1 amide bonds. The van der Waals surface area contributed by atoms with Gasteiger partial charge in [0.15, 0.2) is 0 Å². The average molecular weight is 377 g/mol. The smallest absolute Gasteiger partial charge is 0.227 e. The normalized spacial score (nSPS) is 14.9. The van der Waals surface area contributed by atoms with E-state index in [0.717, 1.165) is 36.2 Å². The molecule has 0 aromatic heterocycles. The minimum atomic E-state index is -0.274. The molecule has 0 spiro atoms. The Labute approximate surface area is 143 Å². The molecule has 0 radical (unpaired) electrons. The van der Waals surface area contributed by atoms with E-state index in [0.29, 0.717) is 6.42 Å². The third-order valence-electron chi connectivity index (χ3n) is 4.09. The van der Waals surface area contributed by atoms with Crippen molar-refractivity contribution in [3.8, 4) is 0 Å². The zero-order valence-electron chi connectivity index (χ0n) is 12.7. The van der Waals surface area contributed by atoms with Gasteiger partial charge in [0.2, 0.25) is 5.91 Å². The van der Waals surface area contributed by atoms with E-state index in [-0.39, 0.29) is 11.7 Å². The third-order valence-corrected chi connectivity index (χ3v) is 4.62. The van der Waals surface area contributed by atoms with Crippen molar-refractivity contribution in [2.75, 3.05) is 31.1 Å². The molecular formula is C18H18BrFN2O. The topological polar surface area (TPSA) is 23.6 Å². The summed E-state index contributed by atoms with van der Waals surface area (Å²) in [5.41, 5.74) is 2.03. The maximum absolute atomic E-state index is 12.9. The van der Waals surface area contributed by atoms with Crippen molar-refractivity contribution in [3.63, 3.8) is 0 Å². The van der Waals surface area contributed by atoms with Gasteiger partial charge in [-0.1, -0.05) is 28.1 Å². The molecule has 120 valence electrons. The number of anilines is 1. The maximum Gasteiger partial charge on any atom is 0.227 e. The summed E-state index contributed by atoms with van der Waals surface area (Å²) >= 11 is 3.44. The van der Waals surface area contributed by atoms with E-state index in [1.165, 1.54) is 17.8 Å². The van der Waals surface area contributed by atoms with Crippen LogP contribution in [-0.2, 0) is 11.2 Å². The van der Waals surface area contributed by atoms with Gasteiger partial charge >= 0.3 is 0 Å². The molecule has 0 aliphatic carbocycles. The fourth-order valence-corrected chi connectivity index (χ4v) is 3.02. The highest BCUT2D eigenvalue weighted by atomic mass is 79.9. The van der Waals surface area contributed by atoms with Crippen LogP contribution in [0.25, 0.3) is 0 Å². The molecule has 0 atom stereocenters. The molecule has 2 aromatic carbocycles. The number of benzene rings is 2. The lowest BCUT2D eigenvalue weighted by Gasteiger charge is -2.36. The lowest BCUT2D eigenvalue weighted by atomic mass is 10.1. The van der Waals surface area contributed by atoms with Crippen molar-refractivity contribution in [1.82, 2.24) is 4.90 Å². The van der Waals surface area contributed by atoms with E-state index in [9.17, 15) is 9.18 Å². The monoisotopic (exact) mass is 376 g/mol. The molecule has 1 aliphatic heterocycles. The molecule has 2 aromatic rings. The van der Waals surface area contributed by atoms with Crippen LogP contribution >= 0.6 is 15.9 Å². The highest BCUT2D eigenvalue weighted by Crippen LogP contribution is 2.20. The highest BCUT2D eigenvalue weighted by molar-refractivity contribution is 9.10. The van der Waals surface area contributed by atoms with Gasteiger partial charge in [0.25, 0.3) is 0 Å². The summed E-state index contributed by atoms with van der Waals surface area (Å²) in [6.07, 6.45) is 0.332. The van der Waals surface area contributed by atoms with Gasteiger partial charge in [-0.2, -0.15) is 0 Å². The van der Waals surface area contributed by atoms with Crippen molar-refractivity contribution < 1.29 is 9.18 Å². The predicted molar refractivity (Wildman–Crippen MR) is 93.0 cm³/mol. The zero-order chi connectivity index (χ0) is 16.2. The largest absolute Gasteiger partial charge is 0.368 e. The average Bonchev–Trinajstić information content (AvgIpc) is 2.58. The number of nitrogens with zero attached hydrogens (tertiary/aromatic N) is 2. The minimum absolute atomic E-state index is 0.104. The van der Waals surface area contributed by atoms with Crippen LogP contribution in [0.4, 0.5) is 10.1 Å². The van der Waals surface area contributed by atoms with Crippen LogP contribution in [0.2, 0.25) is 0 Å². The first kappa shape index (κ1) is 16.0. The summed E-state index contributed by atoms with van der Waals surface area (Å²) < 4.78 is 14.0. The molecule has 3 rings (SSSR count). The second-order valence-corrected chi connectivity index (χ2v) is 6.56. The van der Waals surface area contributed by atoms with Crippen molar-refractivity contribution in [1.29, 1.82) is 0 Å². The molecule has 1 fully saturated rings. The van der Waals surface area contributed by atoms with Crippen molar-refractivity contribution in [2.24, 2.45) is 0 Å². The lowest BCUT2D eigenvalue weighted by Crippen LogP contribution is -2.49. The quantitative estimate of drug-likeness (QED) is 0.818. The van der Waals surface area contributed by atoms with E-state index in [2.05, 4.69) is 33.0 Å². The third kappa shape index (κ3) is 4.10. The summed E-state index contributed by atoms with van der Waals surface area (Å²) in [4.78, 5) is 16.5. The van der Waals surface area contributed by atoms with Crippen LogP contribution in [-0.4, -0.2) is 37.0 Å². The van der Waals surface area contributed by atoms with Crippen molar-refractivity contribution >= 4 is 27.5 Å². The number of amides is 1. The Balaban J connectivity index is 1.54. The number of hydrogen-bond donors (Lipinski definition) is 0. The standard InChI is InChI=1S/C18H18BrFN2O/c19-15-3-7-17(8-4-15)21-9-11-22(12-10-21)18(23)13-14-1-5-16(20)6-2-14/h1-8H,9-13H2. The SMILES string of the molecule is O=C(Cc1ccc(F)cc1)N1CCN(c2ccc(Br)cc2)CC1. The maximum atomic E-state index is 12.9. The number of halogens is 2. The summed E-state index contributed by atoms with van der Waals surface area (Å²) in [5, 5.41) is 0. The van der Waals surface area contributed by atoms with Crippen LogP contribution in [0.1, 0.15) is 5.56 Å². The molecule has 3 nitrogen and oxygen atoms in total. The minimum Gasteiger partial charge on any atom is -0.368 e. The van der Waals surface area contributed by atoms with Gasteiger partial charge in [-0.25, -0.2) is 4.39 Å². The van der Waals surface area contributed by atoms with E-state index in [1.807, 2.05) is 17.0 Å². The Morgan fingerprint density at radius 1 is 0.957 bits per heavy atom. The second kappa shape index (κ2) is 7.13. The summed E-state index contributed by atoms with van der Waals surface area (Å²) in [7, 11) is 0. The Kier molecular flexibility index (Phi) is 4.96. The molecule has 0 unspecified atom stereocenters. The summed E-state index contributed by atoms with van der Waals surface area (Å²) in [5.74, 6) is -0.170. The van der Waals surface area contributed by atoms with E-state index in [4.69, 9.17) is 0 Å². The molecule has 0 N–H and O–H groups in total. The Hall–Kier alpha value is -1.88. The molecule has 0 bridgehead atoms. The van der Waals surface area contributed by atoms with Crippen LogP contribution in [0.3, 0.4) is 0 Å². The van der Waals surface area contributed by atoms with Crippen molar-refractivity contribution in [2.45, 2.75) is 6.42 Å². The first-order valence-corrected chi connectivity index (χ1v) is 8.44. The zero-order valence-corrected chi connectivity index (χ0v) is 14.3. The Morgan fingerprint density at radius 2 is 1.57 bits per heavy atom. The van der Waals surface area contributed by atoms with Crippen molar-refractivity contribution in [3.05, 3.63) is 64.4 Å². The molecule has 23 heavy (non-hydrogen) atoms. The number of hydrogen-bond acceptors (Lipinski definition) is 2. The Bertz CT molecular complexity index is 664. The number of piperazine rings is 1. The fourth-order valence-electron chi connectivity index (χ4n) is 2.75. The fraction of sp³-hybridized carbons (Fsp3) is 0.278. The van der Waals surface area contributed by atoms with E-state index >= 15 is 0 Å². The molecule has 0 saturated carbocycles. The molecule has 5 heteroatoms. The number of carbonyl (C=O) groups is 1. The van der Waals surface area contributed by atoms with Gasteiger partial charge in [0, 0.05) is 36.3 Å². The van der Waals surface area contributed by atoms with Gasteiger partial charge in [0.05, 0.1) is 6.42 Å². The van der Waals surface area contributed by atoms with Crippen LogP contribution in [0.5, 0.6) is 0 Å². The number of carbonyl (C=O) groups excluding carboxylic acids is 1. The molecule has 1 heterocycles. The molecule has 1 saturated heterocycles. The summed E-state index contributed by atoms with van der Waals surface area (Å²) in [6.45, 7) is 3.10. The first-order valence-electron chi connectivity index (χ1n) is 7.64. The van der Waals surface area contributed by atoms with E-state index < -0.39 is 0 Å². The van der Waals surface area contributed by atoms with Crippen LogP contribution < -0.4 is 4.90 Å². The van der Waals surface area contributed by atoms with Crippen LogP contribution in [0, 0.1) is 5.82 Å². The van der Waals surface area contributed by atoms with Gasteiger partial charge < -0.3 is 9.80 Å². The second-order valence-electron chi connectivity index (χ2n) is 5.65. The lowest BCUT2D eigenvalue weighted by molar-refractivity contribution is -0.130. The first-order chi connectivity index (χ1) is 11.1. The van der Waals surface area contributed by atoms with Gasteiger partial charge in [-0.05, 0) is 42.0 Å². The number of rotatable bonds is 3. The Morgan fingerprint density at radius 3 is 2.17 bits per heavy atom. The van der Waals surface area contributed by atoms with Crippen LogP contribution in [0.15, 0.2) is 53.0 Å². The highest BCUT2D eigenvalue weighted by Gasteiger charge is 2.21.